The van der Waals surface area contributed by atoms with E-state index in [1.54, 1.807) is 54.6 Å². The van der Waals surface area contributed by atoms with E-state index in [1.807, 2.05) is 13.0 Å². The Morgan fingerprint density at radius 3 is 2.38 bits per heavy atom. The maximum Gasteiger partial charge on any atom is 0.276 e. The molecule has 0 fully saturated rings. The Morgan fingerprint density at radius 1 is 1.00 bits per heavy atom. The smallest absolute Gasteiger partial charge is 0.276 e. The van der Waals surface area contributed by atoms with Gasteiger partial charge in [-0.2, -0.15) is 13.5 Å². The van der Waals surface area contributed by atoms with Gasteiger partial charge in [0.15, 0.2) is 6.61 Å². The summed E-state index contributed by atoms with van der Waals surface area (Å²) in [5.41, 5.74) is 2.18. The molecule has 8 nitrogen and oxygen atoms in total. The summed E-state index contributed by atoms with van der Waals surface area (Å²) in [6, 6.07) is 20.2. The summed E-state index contributed by atoms with van der Waals surface area (Å²) in [4.78, 5) is 14.4. The first kappa shape index (κ1) is 22.8. The molecule has 0 aliphatic rings. The van der Waals surface area contributed by atoms with Gasteiger partial charge in [-0.25, -0.2) is 4.83 Å². The molecule has 32 heavy (non-hydrogen) atoms. The number of hydrogen-bond donors (Lipinski definition) is 2. The molecule has 0 bridgehead atoms. The molecule has 0 saturated heterocycles. The molecular formula is C23H23N3O5S. The first-order valence-corrected chi connectivity index (χ1v) is 11.1. The van der Waals surface area contributed by atoms with Crippen molar-refractivity contribution in [2.75, 3.05) is 19.0 Å². The molecule has 9 heteroatoms. The zero-order valence-corrected chi connectivity index (χ0v) is 18.4. The number of methoxy groups -OCH3 is 1. The number of rotatable bonds is 9. The van der Waals surface area contributed by atoms with Gasteiger partial charge in [-0.15, -0.1) is 0 Å². The molecule has 0 atom stereocenters. The van der Waals surface area contributed by atoms with Gasteiger partial charge in [-0.3, -0.25) is 4.79 Å². The fourth-order valence-electron chi connectivity index (χ4n) is 2.67. The Morgan fingerprint density at radius 2 is 1.69 bits per heavy atom. The summed E-state index contributed by atoms with van der Waals surface area (Å²) in [6.45, 7) is 1.70. The number of amides is 1. The summed E-state index contributed by atoms with van der Waals surface area (Å²) >= 11 is 0. The minimum Gasteiger partial charge on any atom is -0.495 e. The van der Waals surface area contributed by atoms with Crippen molar-refractivity contribution in [3.63, 3.8) is 0 Å². The number of sulfonamides is 1. The van der Waals surface area contributed by atoms with Gasteiger partial charge < -0.3 is 14.8 Å². The molecule has 0 aromatic heterocycles. The zero-order chi connectivity index (χ0) is 23.0. The topological polar surface area (TPSA) is 106 Å². The summed E-state index contributed by atoms with van der Waals surface area (Å²) in [7, 11) is -2.20. The van der Waals surface area contributed by atoms with Crippen LogP contribution in [0.15, 0.2) is 82.8 Å². The predicted octanol–water partition coefficient (Wildman–Crippen LogP) is 3.33. The Kier molecular flexibility index (Phi) is 7.45. The average Bonchev–Trinajstić information content (AvgIpc) is 2.79. The second-order valence-corrected chi connectivity index (χ2v) is 8.43. The number of hydrogen-bond acceptors (Lipinski definition) is 6. The number of aryl methyl sites for hydroxylation is 1. The van der Waals surface area contributed by atoms with Crippen LogP contribution in [0.3, 0.4) is 0 Å². The number of ether oxygens (including phenoxy) is 2. The summed E-state index contributed by atoms with van der Waals surface area (Å²) in [5, 5.41) is 6.53. The third kappa shape index (κ3) is 6.32. The van der Waals surface area contributed by atoms with Crippen molar-refractivity contribution in [1.82, 2.24) is 4.83 Å². The minimum atomic E-state index is -3.73. The maximum absolute atomic E-state index is 12.2. The van der Waals surface area contributed by atoms with Gasteiger partial charge in [0.1, 0.15) is 11.5 Å². The van der Waals surface area contributed by atoms with Gasteiger partial charge in [-0.1, -0.05) is 29.8 Å². The molecular weight excluding hydrogens is 430 g/mol. The zero-order valence-electron chi connectivity index (χ0n) is 17.6. The summed E-state index contributed by atoms with van der Waals surface area (Å²) < 4.78 is 35.1. The lowest BCUT2D eigenvalue weighted by Gasteiger charge is -2.10. The number of benzene rings is 3. The number of carbonyl (C=O) groups is 1. The highest BCUT2D eigenvalue weighted by Crippen LogP contribution is 2.23. The Bertz CT molecular complexity index is 1190. The lowest BCUT2D eigenvalue weighted by Crippen LogP contribution is -2.20. The highest BCUT2D eigenvalue weighted by molar-refractivity contribution is 7.89. The highest BCUT2D eigenvalue weighted by atomic mass is 32.2. The van der Waals surface area contributed by atoms with E-state index in [9.17, 15) is 13.2 Å². The number of nitrogens with one attached hydrogen (secondary N) is 2. The fraction of sp³-hybridized carbons (Fsp3) is 0.130. The van der Waals surface area contributed by atoms with Gasteiger partial charge in [0, 0.05) is 0 Å². The van der Waals surface area contributed by atoms with Crippen molar-refractivity contribution >= 4 is 27.8 Å². The van der Waals surface area contributed by atoms with Crippen LogP contribution in [0.2, 0.25) is 0 Å². The van der Waals surface area contributed by atoms with E-state index in [4.69, 9.17) is 9.47 Å². The van der Waals surface area contributed by atoms with Crippen molar-refractivity contribution in [3.8, 4) is 11.5 Å². The Hall–Kier alpha value is -3.85. The molecule has 3 rings (SSSR count). The molecule has 0 heterocycles. The van der Waals surface area contributed by atoms with Gasteiger partial charge >= 0.3 is 0 Å². The average molecular weight is 454 g/mol. The van der Waals surface area contributed by atoms with Crippen molar-refractivity contribution in [2.24, 2.45) is 5.10 Å². The number of carbonyl (C=O) groups excluding carboxylic acids is 1. The van der Waals surface area contributed by atoms with E-state index in [0.717, 1.165) is 5.56 Å². The van der Waals surface area contributed by atoms with Crippen LogP contribution in [0, 0.1) is 6.92 Å². The first-order valence-electron chi connectivity index (χ1n) is 9.64. The highest BCUT2D eigenvalue weighted by Gasteiger charge is 2.12. The van der Waals surface area contributed by atoms with E-state index >= 15 is 0 Å². The van der Waals surface area contributed by atoms with E-state index in [1.165, 1.54) is 25.5 Å². The van der Waals surface area contributed by atoms with Crippen molar-refractivity contribution in [3.05, 3.63) is 83.9 Å². The third-order valence-corrected chi connectivity index (χ3v) is 5.59. The second-order valence-electron chi connectivity index (χ2n) is 6.77. The lowest BCUT2D eigenvalue weighted by atomic mass is 10.2. The number of nitrogens with zero attached hydrogens (tertiary/aromatic N) is 1. The van der Waals surface area contributed by atoms with Crippen LogP contribution in [0.25, 0.3) is 0 Å². The molecule has 166 valence electrons. The quantitative estimate of drug-likeness (QED) is 0.382. The van der Waals surface area contributed by atoms with Crippen LogP contribution in [0.4, 0.5) is 5.69 Å². The van der Waals surface area contributed by atoms with Crippen LogP contribution in [-0.2, 0) is 14.8 Å². The number of para-hydroxylation sites is 2. The van der Waals surface area contributed by atoms with Crippen LogP contribution >= 0.6 is 0 Å². The molecule has 0 aliphatic heterocycles. The SMILES string of the molecule is COc1ccccc1NC(=O)COc1ccc(/C=N\NS(=O)(=O)c2ccc(C)cc2)cc1. The first-order chi connectivity index (χ1) is 15.4. The van der Waals surface area contributed by atoms with E-state index in [0.29, 0.717) is 22.7 Å². The standard InChI is InChI=1S/C23H23N3O5S/c1-17-7-13-20(14-8-17)32(28,29)26-24-15-18-9-11-19(12-10-18)31-16-23(27)25-21-5-3-4-6-22(21)30-2/h3-15,26H,16H2,1-2H3,(H,25,27)/b24-15-. The molecule has 1 amide bonds. The van der Waals surface area contributed by atoms with Gasteiger partial charge in [0.05, 0.1) is 23.9 Å². The molecule has 2 N–H and O–H groups in total. The predicted molar refractivity (Wildman–Crippen MR) is 123 cm³/mol. The van der Waals surface area contributed by atoms with Crippen molar-refractivity contribution < 1.29 is 22.7 Å². The Balaban J connectivity index is 1.51. The van der Waals surface area contributed by atoms with Crippen LogP contribution < -0.4 is 19.6 Å². The minimum absolute atomic E-state index is 0.135. The van der Waals surface area contributed by atoms with Gasteiger partial charge in [-0.05, 0) is 61.0 Å². The van der Waals surface area contributed by atoms with Crippen molar-refractivity contribution in [1.29, 1.82) is 0 Å². The molecule has 0 spiro atoms. The van der Waals surface area contributed by atoms with Crippen molar-refractivity contribution in [2.45, 2.75) is 11.8 Å². The normalized spacial score (nSPS) is 11.2. The van der Waals surface area contributed by atoms with E-state index in [2.05, 4.69) is 15.2 Å². The lowest BCUT2D eigenvalue weighted by molar-refractivity contribution is -0.118. The number of hydrazone groups is 1. The van der Waals surface area contributed by atoms with E-state index in [-0.39, 0.29) is 17.4 Å². The van der Waals surface area contributed by atoms with Gasteiger partial charge in [0.25, 0.3) is 15.9 Å². The van der Waals surface area contributed by atoms with Gasteiger partial charge in [0.2, 0.25) is 0 Å². The molecule has 3 aromatic rings. The third-order valence-electron chi connectivity index (χ3n) is 4.35. The van der Waals surface area contributed by atoms with E-state index < -0.39 is 10.0 Å². The second kappa shape index (κ2) is 10.5. The summed E-state index contributed by atoms with van der Waals surface area (Å²) in [6.07, 6.45) is 1.38. The molecule has 0 unspecified atom stereocenters. The van der Waals surface area contributed by atoms with Crippen LogP contribution in [0.1, 0.15) is 11.1 Å². The van der Waals surface area contributed by atoms with Crippen LogP contribution in [-0.4, -0.2) is 34.3 Å². The summed E-state index contributed by atoms with van der Waals surface area (Å²) in [5.74, 6) is 0.714. The molecule has 0 aliphatic carbocycles. The Labute approximate surface area is 186 Å². The molecule has 0 radical (unpaired) electrons. The fourth-order valence-corrected chi connectivity index (χ4v) is 3.46. The monoisotopic (exact) mass is 453 g/mol. The molecule has 3 aromatic carbocycles. The maximum atomic E-state index is 12.2. The molecule has 0 saturated carbocycles. The van der Waals surface area contributed by atoms with Crippen LogP contribution in [0.5, 0.6) is 11.5 Å². The largest absolute Gasteiger partial charge is 0.495 e. The number of anilines is 1.